The van der Waals surface area contributed by atoms with E-state index in [0.29, 0.717) is 0 Å². The van der Waals surface area contributed by atoms with E-state index in [1.807, 2.05) is 0 Å². The van der Waals surface area contributed by atoms with Crippen molar-refractivity contribution in [1.82, 2.24) is 0 Å². The van der Waals surface area contributed by atoms with Crippen LogP contribution in [0.3, 0.4) is 0 Å². The Kier molecular flexibility index (Phi) is 6.09. The van der Waals surface area contributed by atoms with Gasteiger partial charge in [-0.05, 0) is 20.8 Å². The van der Waals surface area contributed by atoms with E-state index in [4.69, 9.17) is 30.5 Å². The normalized spacial score (nSPS) is 17.9. The molecule has 0 N–H and O–H groups in total. The van der Waals surface area contributed by atoms with Gasteiger partial charge in [0.25, 0.3) is 0 Å². The van der Waals surface area contributed by atoms with Gasteiger partial charge in [-0.1, -0.05) is 0 Å². The lowest BCUT2D eigenvalue weighted by atomic mass is 9.89. The van der Waals surface area contributed by atoms with E-state index in [2.05, 4.69) is 0 Å². The molecule has 0 aliphatic heterocycles. The minimum atomic E-state index is -0.654. The zero-order valence-corrected chi connectivity index (χ0v) is 12.9. The Morgan fingerprint density at radius 3 is 1.70 bits per heavy atom. The minimum absolute atomic E-state index is 0.0789. The van der Waals surface area contributed by atoms with Gasteiger partial charge >= 0.3 is 5.97 Å². The molecule has 0 heterocycles. The highest BCUT2D eigenvalue weighted by atomic mass is 16.6. The van der Waals surface area contributed by atoms with Crippen molar-refractivity contribution in [3.8, 4) is 24.3 Å². The first kappa shape index (κ1) is 18.4. The Morgan fingerprint density at radius 1 is 0.913 bits per heavy atom. The van der Waals surface area contributed by atoms with E-state index in [1.165, 1.54) is 0 Å². The predicted molar refractivity (Wildman–Crippen MR) is 75.3 cm³/mol. The second-order valence-electron chi connectivity index (χ2n) is 5.51. The maximum Gasteiger partial charge on any atom is 0.332 e. The van der Waals surface area contributed by atoms with Crippen LogP contribution in [0.5, 0.6) is 0 Å². The van der Waals surface area contributed by atoms with E-state index >= 15 is 0 Å². The van der Waals surface area contributed by atoms with E-state index < -0.39 is 11.6 Å². The molecule has 1 aliphatic rings. The topological polar surface area (TPSA) is 131 Å². The molecule has 1 aliphatic carbocycles. The van der Waals surface area contributed by atoms with Crippen LogP contribution in [0.4, 0.5) is 0 Å². The molecular formula is C16H13N4O3. The molecule has 7 nitrogen and oxygen atoms in total. The fourth-order valence-electron chi connectivity index (χ4n) is 1.90. The molecule has 7 heteroatoms. The lowest BCUT2D eigenvalue weighted by molar-refractivity contribution is -0.160. The van der Waals surface area contributed by atoms with Crippen molar-refractivity contribution in [1.29, 1.82) is 21.0 Å². The Labute approximate surface area is 135 Å². The summed E-state index contributed by atoms with van der Waals surface area (Å²) in [5.41, 5.74) is -0.654. The summed E-state index contributed by atoms with van der Waals surface area (Å²) >= 11 is 0. The van der Waals surface area contributed by atoms with E-state index in [0.717, 1.165) is 0 Å². The van der Waals surface area contributed by atoms with Gasteiger partial charge in [0, 0.05) is 5.92 Å². The number of esters is 1. The van der Waals surface area contributed by atoms with Crippen molar-refractivity contribution >= 4 is 5.97 Å². The molecule has 1 rings (SSSR count). The maximum atomic E-state index is 11.6. The van der Waals surface area contributed by atoms with Crippen LogP contribution in [-0.2, 0) is 14.3 Å². The quantitative estimate of drug-likeness (QED) is 0.715. The van der Waals surface area contributed by atoms with Crippen molar-refractivity contribution in [2.45, 2.75) is 26.4 Å². The van der Waals surface area contributed by atoms with Crippen molar-refractivity contribution in [3.63, 3.8) is 0 Å². The molecule has 0 amide bonds. The first-order chi connectivity index (χ1) is 10.8. The van der Waals surface area contributed by atoms with Gasteiger partial charge in [0.1, 0.15) is 35.9 Å². The summed E-state index contributed by atoms with van der Waals surface area (Å²) in [6.45, 7) is 4.51. The zero-order valence-electron chi connectivity index (χ0n) is 12.9. The zero-order chi connectivity index (χ0) is 17.6. The largest absolute Gasteiger partial charge is 0.458 e. The van der Waals surface area contributed by atoms with Crippen LogP contribution < -0.4 is 0 Å². The number of hydrogen-bond acceptors (Lipinski definition) is 7. The molecule has 0 bridgehead atoms. The third-order valence-electron chi connectivity index (χ3n) is 2.69. The molecule has 23 heavy (non-hydrogen) atoms. The summed E-state index contributed by atoms with van der Waals surface area (Å²) in [5, 5.41) is 36.4. The van der Waals surface area contributed by atoms with Crippen LogP contribution in [0.1, 0.15) is 20.8 Å². The summed E-state index contributed by atoms with van der Waals surface area (Å²) in [4.78, 5) is 11.6. The second kappa shape index (κ2) is 7.59. The lowest BCUT2D eigenvalue weighted by Gasteiger charge is -2.20. The van der Waals surface area contributed by atoms with Crippen LogP contribution in [0.2, 0.25) is 0 Å². The molecule has 0 aromatic rings. The summed E-state index contributed by atoms with van der Waals surface area (Å²) in [6, 6.07) is 7.10. The Morgan fingerprint density at radius 2 is 1.35 bits per heavy atom. The average molecular weight is 309 g/mol. The van der Waals surface area contributed by atoms with Gasteiger partial charge in [-0.25, -0.2) is 4.79 Å². The molecule has 1 saturated carbocycles. The summed E-state index contributed by atoms with van der Waals surface area (Å²) in [5.74, 6) is -0.923. The number of carbonyl (C=O) groups is 1. The number of ether oxygens (including phenoxy) is 2. The molecule has 5 radical (unpaired) electrons. The number of nitriles is 4. The average Bonchev–Trinajstić information content (AvgIpc) is 2.76. The summed E-state index contributed by atoms with van der Waals surface area (Å²) in [7, 11) is 0. The highest BCUT2D eigenvalue weighted by molar-refractivity contribution is 5.77. The molecule has 0 aromatic carbocycles. The first-order valence-electron chi connectivity index (χ1n) is 6.54. The minimum Gasteiger partial charge on any atom is -0.458 e. The van der Waals surface area contributed by atoms with Crippen LogP contribution in [0.25, 0.3) is 0 Å². The van der Waals surface area contributed by atoms with Gasteiger partial charge in [0.05, 0.1) is 30.9 Å². The van der Waals surface area contributed by atoms with Crippen LogP contribution in [0, 0.1) is 74.9 Å². The van der Waals surface area contributed by atoms with Gasteiger partial charge in [0.2, 0.25) is 0 Å². The molecule has 115 valence electrons. The summed E-state index contributed by atoms with van der Waals surface area (Å²) < 4.78 is 10.2. The third kappa shape index (κ3) is 4.43. The third-order valence-corrected chi connectivity index (χ3v) is 2.69. The highest BCUT2D eigenvalue weighted by Crippen LogP contribution is 2.52. The fraction of sp³-hybridized carbons (Fsp3) is 0.375. The Hall–Kier alpha value is -2.61. The summed E-state index contributed by atoms with van der Waals surface area (Å²) in [6.07, 6.45) is 0. The molecule has 0 unspecified atom stereocenters. The van der Waals surface area contributed by atoms with Crippen molar-refractivity contribution in [2.75, 3.05) is 13.2 Å². The van der Waals surface area contributed by atoms with E-state index in [9.17, 15) is 4.79 Å². The number of hydrogen-bond donors (Lipinski definition) is 0. The molecule has 0 saturated heterocycles. The second-order valence-corrected chi connectivity index (χ2v) is 5.51. The monoisotopic (exact) mass is 309 g/mol. The fourth-order valence-corrected chi connectivity index (χ4v) is 1.90. The highest BCUT2D eigenvalue weighted by Gasteiger charge is 2.55. The van der Waals surface area contributed by atoms with Crippen LogP contribution >= 0.6 is 0 Å². The SMILES string of the molecule is CC(C)(C)OC(=O)COC[C]1[C](C#N)[C](C#N)[C](C#N)[C]1C#N. The number of rotatable bonds is 4. The van der Waals surface area contributed by atoms with Gasteiger partial charge in [-0.3, -0.25) is 0 Å². The van der Waals surface area contributed by atoms with Crippen molar-refractivity contribution < 1.29 is 14.3 Å². The number of carbonyl (C=O) groups excluding carboxylic acids is 1. The van der Waals surface area contributed by atoms with E-state index in [1.54, 1.807) is 45.0 Å². The van der Waals surface area contributed by atoms with Gasteiger partial charge in [-0.2, -0.15) is 21.0 Å². The van der Waals surface area contributed by atoms with Gasteiger partial charge in [0.15, 0.2) is 0 Å². The predicted octanol–water partition coefficient (Wildman–Crippen LogP) is 1.33. The van der Waals surface area contributed by atoms with E-state index in [-0.39, 0.29) is 42.8 Å². The van der Waals surface area contributed by atoms with Crippen LogP contribution in [-0.4, -0.2) is 24.8 Å². The smallest absolute Gasteiger partial charge is 0.332 e. The molecule has 0 spiro atoms. The Balaban J connectivity index is 2.73. The standard InChI is InChI=1S/C16H13N4O3/c1-16(2,3)23-15(21)9-22-8-14-12(6-19)10(4-17)11(5-18)13(14)7-20/h8-9H2,1-3H3. The van der Waals surface area contributed by atoms with Crippen molar-refractivity contribution in [3.05, 3.63) is 29.6 Å². The first-order valence-corrected chi connectivity index (χ1v) is 6.54. The van der Waals surface area contributed by atoms with Crippen molar-refractivity contribution in [2.24, 2.45) is 0 Å². The lowest BCUT2D eigenvalue weighted by Crippen LogP contribution is -2.27. The molecule has 0 atom stereocenters. The van der Waals surface area contributed by atoms with Gasteiger partial charge < -0.3 is 9.47 Å². The van der Waals surface area contributed by atoms with Crippen LogP contribution in [0.15, 0.2) is 0 Å². The molecule has 0 aromatic heterocycles. The molecular weight excluding hydrogens is 296 g/mol. The number of nitrogens with zero attached hydrogens (tertiary/aromatic N) is 4. The van der Waals surface area contributed by atoms with Gasteiger partial charge in [-0.15, -0.1) is 0 Å². The Bertz CT molecular complexity index is 574. The maximum absolute atomic E-state index is 11.6. The molecule has 1 fully saturated rings.